The molecule has 0 atom stereocenters. The molecular weight excluding hydrogens is 570 g/mol. The molecule has 5 aromatic rings. The summed E-state index contributed by atoms with van der Waals surface area (Å²) < 4.78 is 14.3. The first-order chi connectivity index (χ1) is 21.3. The summed E-state index contributed by atoms with van der Waals surface area (Å²) >= 11 is 1.72. The number of amides is 1. The van der Waals surface area contributed by atoms with Gasteiger partial charge in [0.15, 0.2) is 11.3 Å². The SMILES string of the molecule is CCCN(CCC)c1cc(=O)c2cccc(-c3cccc4c3sc3ccc(NC(=O)C(C)(C)CN5CCOCC5)cc34)c2o1. The van der Waals surface area contributed by atoms with Crippen LogP contribution in [0.3, 0.4) is 0 Å². The fraction of sp³-hybridized carbons (Fsp3) is 0.389. The molecule has 0 spiro atoms. The number of thiophene rings is 1. The smallest absolute Gasteiger partial charge is 0.231 e. The second kappa shape index (κ2) is 12.7. The number of rotatable bonds is 10. The van der Waals surface area contributed by atoms with Crippen LogP contribution in [0.25, 0.3) is 42.3 Å². The summed E-state index contributed by atoms with van der Waals surface area (Å²) in [5.41, 5.74) is 2.77. The molecule has 2 aromatic heterocycles. The third-order valence-electron chi connectivity index (χ3n) is 8.42. The van der Waals surface area contributed by atoms with Gasteiger partial charge in [0.2, 0.25) is 5.91 Å². The van der Waals surface area contributed by atoms with E-state index in [1.54, 1.807) is 17.4 Å². The Balaban J connectivity index is 1.37. The molecule has 1 saturated heterocycles. The van der Waals surface area contributed by atoms with Gasteiger partial charge in [-0.15, -0.1) is 11.3 Å². The fourth-order valence-electron chi connectivity index (χ4n) is 6.18. The van der Waals surface area contributed by atoms with Gasteiger partial charge >= 0.3 is 0 Å². The van der Waals surface area contributed by atoms with Crippen molar-refractivity contribution in [2.24, 2.45) is 5.41 Å². The van der Waals surface area contributed by atoms with E-state index in [4.69, 9.17) is 9.15 Å². The van der Waals surface area contributed by atoms with Crippen LogP contribution < -0.4 is 15.6 Å². The number of benzene rings is 3. The first-order valence-corrected chi connectivity index (χ1v) is 16.5. The number of carbonyl (C=O) groups is 1. The summed E-state index contributed by atoms with van der Waals surface area (Å²) in [4.78, 5) is 31.1. The zero-order chi connectivity index (χ0) is 30.8. The number of morpholine rings is 1. The lowest BCUT2D eigenvalue weighted by molar-refractivity contribution is -0.125. The van der Waals surface area contributed by atoms with Crippen LogP contribution >= 0.6 is 11.3 Å². The van der Waals surface area contributed by atoms with Crippen molar-refractivity contribution in [2.75, 3.05) is 56.2 Å². The number of fused-ring (bicyclic) bond motifs is 4. The Morgan fingerprint density at radius 2 is 1.64 bits per heavy atom. The lowest BCUT2D eigenvalue weighted by Crippen LogP contribution is -2.46. The maximum Gasteiger partial charge on any atom is 0.231 e. The molecule has 1 aliphatic rings. The molecule has 0 radical (unpaired) electrons. The van der Waals surface area contributed by atoms with Crippen molar-refractivity contribution in [3.8, 4) is 11.1 Å². The van der Waals surface area contributed by atoms with E-state index in [1.165, 1.54) is 0 Å². The first kappa shape index (κ1) is 30.3. The molecule has 1 aliphatic heterocycles. The van der Waals surface area contributed by atoms with Gasteiger partial charge < -0.3 is 19.4 Å². The quantitative estimate of drug-likeness (QED) is 0.174. The van der Waals surface area contributed by atoms with E-state index in [2.05, 4.69) is 59.3 Å². The molecule has 3 heterocycles. The highest BCUT2D eigenvalue weighted by Crippen LogP contribution is 2.42. The van der Waals surface area contributed by atoms with Crippen molar-refractivity contribution in [1.82, 2.24) is 4.90 Å². The second-order valence-electron chi connectivity index (χ2n) is 12.3. The average molecular weight is 612 g/mol. The Morgan fingerprint density at radius 3 is 2.36 bits per heavy atom. The van der Waals surface area contributed by atoms with Crippen LogP contribution in [-0.4, -0.2) is 56.7 Å². The van der Waals surface area contributed by atoms with E-state index in [9.17, 15) is 9.59 Å². The van der Waals surface area contributed by atoms with E-state index in [1.807, 2.05) is 38.1 Å². The minimum absolute atomic E-state index is 0.00495. The van der Waals surface area contributed by atoms with Crippen molar-refractivity contribution in [3.63, 3.8) is 0 Å². The van der Waals surface area contributed by atoms with E-state index < -0.39 is 5.41 Å². The predicted molar refractivity (Wildman–Crippen MR) is 183 cm³/mol. The van der Waals surface area contributed by atoms with Gasteiger partial charge in [-0.2, -0.15) is 0 Å². The first-order valence-electron chi connectivity index (χ1n) is 15.7. The molecule has 0 aliphatic carbocycles. The molecule has 44 heavy (non-hydrogen) atoms. The number of carbonyl (C=O) groups excluding carboxylic acids is 1. The minimum atomic E-state index is -0.544. The zero-order valence-corrected chi connectivity index (χ0v) is 26.9. The molecular formula is C36H41N3O4S. The maximum atomic E-state index is 13.4. The Labute approximate surface area is 262 Å². The molecule has 1 fully saturated rings. The fourth-order valence-corrected chi connectivity index (χ4v) is 7.39. The van der Waals surface area contributed by atoms with Crippen molar-refractivity contribution >= 4 is 60.0 Å². The summed E-state index contributed by atoms with van der Waals surface area (Å²) in [6.07, 6.45) is 1.94. The zero-order valence-electron chi connectivity index (χ0n) is 26.1. The van der Waals surface area contributed by atoms with E-state index in [0.717, 1.165) is 76.0 Å². The van der Waals surface area contributed by atoms with Crippen LogP contribution in [0.1, 0.15) is 40.5 Å². The normalized spacial score (nSPS) is 14.5. The summed E-state index contributed by atoms with van der Waals surface area (Å²) in [5, 5.41) is 5.98. The Kier molecular flexibility index (Phi) is 8.76. The Hall–Kier alpha value is -3.72. The van der Waals surface area contributed by atoms with Crippen LogP contribution in [0.5, 0.6) is 0 Å². The predicted octanol–water partition coefficient (Wildman–Crippen LogP) is 7.75. The number of para-hydroxylation sites is 1. The van der Waals surface area contributed by atoms with Crippen LogP contribution in [0.2, 0.25) is 0 Å². The molecule has 0 unspecified atom stereocenters. The molecule has 1 amide bonds. The molecule has 6 rings (SSSR count). The molecule has 7 nitrogen and oxygen atoms in total. The largest absolute Gasteiger partial charge is 0.440 e. The Morgan fingerprint density at radius 1 is 0.932 bits per heavy atom. The number of nitrogens with one attached hydrogen (secondary N) is 1. The van der Waals surface area contributed by atoms with Crippen molar-refractivity contribution in [3.05, 3.63) is 70.9 Å². The lowest BCUT2D eigenvalue weighted by atomic mass is 9.91. The van der Waals surface area contributed by atoms with Crippen molar-refractivity contribution in [1.29, 1.82) is 0 Å². The van der Waals surface area contributed by atoms with Gasteiger partial charge in [0.25, 0.3) is 0 Å². The van der Waals surface area contributed by atoms with Gasteiger partial charge in [-0.1, -0.05) is 44.2 Å². The van der Waals surface area contributed by atoms with Gasteiger partial charge in [0.1, 0.15) is 5.58 Å². The average Bonchev–Trinajstić information content (AvgIpc) is 3.39. The van der Waals surface area contributed by atoms with E-state index in [0.29, 0.717) is 36.6 Å². The van der Waals surface area contributed by atoms with Gasteiger partial charge in [-0.25, -0.2) is 0 Å². The maximum absolute atomic E-state index is 13.4. The van der Waals surface area contributed by atoms with Crippen molar-refractivity contribution in [2.45, 2.75) is 40.5 Å². The molecule has 1 N–H and O–H groups in total. The minimum Gasteiger partial charge on any atom is -0.440 e. The molecule has 0 bridgehead atoms. The number of hydrogen-bond donors (Lipinski definition) is 1. The van der Waals surface area contributed by atoms with Crippen molar-refractivity contribution < 1.29 is 13.9 Å². The molecule has 0 saturated carbocycles. The van der Waals surface area contributed by atoms with Crippen LogP contribution in [0.15, 0.2) is 69.9 Å². The third-order valence-corrected chi connectivity index (χ3v) is 9.64. The highest BCUT2D eigenvalue weighted by atomic mass is 32.1. The topological polar surface area (TPSA) is 75.0 Å². The summed E-state index contributed by atoms with van der Waals surface area (Å²) in [7, 11) is 0. The third kappa shape index (κ3) is 5.99. The molecule has 230 valence electrons. The van der Waals surface area contributed by atoms with Gasteiger partial charge in [0, 0.05) is 75.8 Å². The van der Waals surface area contributed by atoms with Gasteiger partial charge in [0.05, 0.1) is 24.0 Å². The highest BCUT2D eigenvalue weighted by molar-refractivity contribution is 7.26. The monoisotopic (exact) mass is 611 g/mol. The van der Waals surface area contributed by atoms with E-state index >= 15 is 0 Å². The second-order valence-corrected chi connectivity index (χ2v) is 13.4. The van der Waals surface area contributed by atoms with E-state index in [-0.39, 0.29) is 11.3 Å². The summed E-state index contributed by atoms with van der Waals surface area (Å²) in [6.45, 7) is 13.8. The lowest BCUT2D eigenvalue weighted by Gasteiger charge is -2.33. The van der Waals surface area contributed by atoms with Gasteiger partial charge in [-0.05, 0) is 51.0 Å². The number of nitrogens with zero attached hydrogens (tertiary/aromatic N) is 2. The van der Waals surface area contributed by atoms with Crippen LogP contribution in [-0.2, 0) is 9.53 Å². The molecule has 3 aromatic carbocycles. The summed E-state index contributed by atoms with van der Waals surface area (Å²) in [6, 6.07) is 19.9. The highest BCUT2D eigenvalue weighted by Gasteiger charge is 2.31. The number of hydrogen-bond acceptors (Lipinski definition) is 7. The van der Waals surface area contributed by atoms with Crippen LogP contribution in [0, 0.1) is 5.41 Å². The summed E-state index contributed by atoms with van der Waals surface area (Å²) in [5.74, 6) is 0.629. The van der Waals surface area contributed by atoms with Crippen LogP contribution in [0.4, 0.5) is 11.6 Å². The number of ether oxygens (including phenoxy) is 1. The Bertz CT molecular complexity index is 1860. The number of anilines is 2. The van der Waals surface area contributed by atoms with Gasteiger partial charge in [-0.3, -0.25) is 14.5 Å². The standard InChI is InChI=1S/C36H41N3O4S/c1-5-15-39(16-6-2)32-22-30(40)28-12-7-9-25(33(28)43-32)26-10-8-11-27-29-21-24(13-14-31(29)44-34(26)27)37-35(41)36(3,4)23-38-17-19-42-20-18-38/h7-14,21-22H,5-6,15-20,23H2,1-4H3,(H,37,41). The molecule has 8 heteroatoms.